The van der Waals surface area contributed by atoms with E-state index in [0.29, 0.717) is 17.0 Å². The van der Waals surface area contributed by atoms with Crippen molar-refractivity contribution in [3.05, 3.63) is 40.5 Å². The topological polar surface area (TPSA) is 53.1 Å². The van der Waals surface area contributed by atoms with Crippen LogP contribution in [0.5, 0.6) is 0 Å². The van der Waals surface area contributed by atoms with Gasteiger partial charge in [0.1, 0.15) is 5.02 Å². The average molecular weight is 400 g/mol. The molecule has 0 spiro atoms. The van der Waals surface area contributed by atoms with Gasteiger partial charge in [0.15, 0.2) is 5.82 Å². The van der Waals surface area contributed by atoms with Crippen molar-refractivity contribution >= 4 is 29.1 Å². The van der Waals surface area contributed by atoms with Crippen LogP contribution >= 0.6 is 11.6 Å². The Balaban J connectivity index is 1.47. The number of aromatic nitrogens is 2. The minimum absolute atomic E-state index is 0.461. The van der Waals surface area contributed by atoms with Crippen molar-refractivity contribution in [2.75, 3.05) is 30.3 Å². The number of likely N-dealkylation sites (N-methyl/N-ethyl adjacent to an activating group) is 1. The molecule has 28 heavy (non-hydrogen) atoms. The van der Waals surface area contributed by atoms with Gasteiger partial charge in [-0.3, -0.25) is 0 Å². The van der Waals surface area contributed by atoms with Crippen molar-refractivity contribution in [1.82, 2.24) is 14.9 Å². The van der Waals surface area contributed by atoms with E-state index in [2.05, 4.69) is 50.6 Å². The highest BCUT2D eigenvalue weighted by Crippen LogP contribution is 2.27. The summed E-state index contributed by atoms with van der Waals surface area (Å²) >= 11 is 6.34. The number of hydrogen-bond acceptors (Lipinski definition) is 5. The second kappa shape index (κ2) is 9.10. The van der Waals surface area contributed by atoms with Gasteiger partial charge in [0, 0.05) is 24.8 Å². The highest BCUT2D eigenvalue weighted by molar-refractivity contribution is 6.32. The largest absolute Gasteiger partial charge is 0.366 e. The fourth-order valence-electron chi connectivity index (χ4n) is 4.26. The highest BCUT2D eigenvalue weighted by atomic mass is 35.5. The lowest BCUT2D eigenvalue weighted by molar-refractivity contribution is 0.303. The Morgan fingerprint density at radius 1 is 1.11 bits per heavy atom. The first-order valence-electron chi connectivity index (χ1n) is 10.6. The predicted molar refractivity (Wildman–Crippen MR) is 117 cm³/mol. The Kier molecular flexibility index (Phi) is 6.33. The van der Waals surface area contributed by atoms with Crippen LogP contribution in [0.25, 0.3) is 0 Å². The van der Waals surface area contributed by atoms with Crippen LogP contribution in [0.15, 0.2) is 24.4 Å². The van der Waals surface area contributed by atoms with Gasteiger partial charge in [0.05, 0.1) is 6.20 Å². The SMILES string of the molecule is CCN1CCc2ccc(Nc3ncc(Cl)c(NC4CCCCC4)n3)cc2CC1. The zero-order chi connectivity index (χ0) is 19.3. The molecule has 2 N–H and O–H groups in total. The summed E-state index contributed by atoms with van der Waals surface area (Å²) in [6, 6.07) is 7.09. The smallest absolute Gasteiger partial charge is 0.229 e. The van der Waals surface area contributed by atoms with Crippen molar-refractivity contribution in [3.63, 3.8) is 0 Å². The Hall–Kier alpha value is -1.85. The Bertz CT molecular complexity index is 804. The molecule has 5 nitrogen and oxygen atoms in total. The molecule has 150 valence electrons. The van der Waals surface area contributed by atoms with Crippen LogP contribution in [0.2, 0.25) is 5.02 Å². The van der Waals surface area contributed by atoms with E-state index in [1.54, 1.807) is 6.20 Å². The molecule has 4 rings (SSSR count). The van der Waals surface area contributed by atoms with E-state index in [4.69, 9.17) is 11.6 Å². The number of hydrogen-bond donors (Lipinski definition) is 2. The van der Waals surface area contributed by atoms with Crippen LogP contribution in [-0.4, -0.2) is 40.5 Å². The van der Waals surface area contributed by atoms with E-state index in [1.165, 1.54) is 43.2 Å². The molecule has 2 heterocycles. The van der Waals surface area contributed by atoms with Gasteiger partial charge < -0.3 is 15.5 Å². The minimum atomic E-state index is 0.461. The first-order valence-corrected chi connectivity index (χ1v) is 11.0. The molecule has 1 fully saturated rings. The predicted octanol–water partition coefficient (Wildman–Crippen LogP) is 5.04. The normalized spacial score (nSPS) is 18.4. The van der Waals surface area contributed by atoms with E-state index < -0.39 is 0 Å². The van der Waals surface area contributed by atoms with Crippen molar-refractivity contribution in [2.45, 2.75) is 57.9 Å². The molecular formula is C22H30ClN5. The summed E-state index contributed by atoms with van der Waals surface area (Å²) in [7, 11) is 0. The molecule has 0 amide bonds. The average Bonchev–Trinajstić information content (AvgIpc) is 2.93. The first-order chi connectivity index (χ1) is 13.7. The van der Waals surface area contributed by atoms with Crippen molar-refractivity contribution in [3.8, 4) is 0 Å². The summed E-state index contributed by atoms with van der Waals surface area (Å²) in [6.45, 7) is 5.63. The molecule has 1 aliphatic carbocycles. The number of anilines is 3. The van der Waals surface area contributed by atoms with Crippen LogP contribution in [0, 0.1) is 0 Å². The summed E-state index contributed by atoms with van der Waals surface area (Å²) in [4.78, 5) is 11.5. The van der Waals surface area contributed by atoms with Gasteiger partial charge in [-0.2, -0.15) is 4.98 Å². The molecule has 0 saturated heterocycles. The van der Waals surface area contributed by atoms with E-state index in [-0.39, 0.29) is 0 Å². The highest BCUT2D eigenvalue weighted by Gasteiger charge is 2.16. The number of halogens is 1. The van der Waals surface area contributed by atoms with E-state index in [0.717, 1.165) is 44.0 Å². The maximum atomic E-state index is 6.34. The van der Waals surface area contributed by atoms with Crippen LogP contribution in [0.4, 0.5) is 17.5 Å². The Morgan fingerprint density at radius 3 is 2.68 bits per heavy atom. The Labute approximate surface area is 172 Å². The Morgan fingerprint density at radius 2 is 1.89 bits per heavy atom. The summed E-state index contributed by atoms with van der Waals surface area (Å²) in [5, 5.41) is 7.47. The van der Waals surface area contributed by atoms with Gasteiger partial charge in [-0.25, -0.2) is 4.98 Å². The van der Waals surface area contributed by atoms with Gasteiger partial charge in [-0.1, -0.05) is 43.9 Å². The van der Waals surface area contributed by atoms with E-state index >= 15 is 0 Å². The number of rotatable bonds is 5. The summed E-state index contributed by atoms with van der Waals surface area (Å²) in [5.74, 6) is 1.32. The quantitative estimate of drug-likeness (QED) is 0.737. The van der Waals surface area contributed by atoms with Gasteiger partial charge in [-0.15, -0.1) is 0 Å². The maximum absolute atomic E-state index is 6.34. The molecular weight excluding hydrogens is 370 g/mol. The molecule has 2 aromatic rings. The number of nitrogens with one attached hydrogen (secondary N) is 2. The molecule has 1 aromatic heterocycles. The number of fused-ring (bicyclic) bond motifs is 1. The maximum Gasteiger partial charge on any atom is 0.229 e. The molecule has 2 aliphatic rings. The van der Waals surface area contributed by atoms with Gasteiger partial charge in [-0.05, 0) is 55.5 Å². The van der Waals surface area contributed by atoms with Gasteiger partial charge >= 0.3 is 0 Å². The molecule has 0 atom stereocenters. The van der Waals surface area contributed by atoms with Crippen molar-refractivity contribution in [2.24, 2.45) is 0 Å². The van der Waals surface area contributed by atoms with Gasteiger partial charge in [0.2, 0.25) is 5.95 Å². The fraction of sp³-hybridized carbons (Fsp3) is 0.545. The van der Waals surface area contributed by atoms with E-state index in [1.807, 2.05) is 0 Å². The molecule has 0 radical (unpaired) electrons. The minimum Gasteiger partial charge on any atom is -0.366 e. The second-order valence-electron chi connectivity index (χ2n) is 7.91. The molecule has 0 bridgehead atoms. The summed E-state index contributed by atoms with van der Waals surface area (Å²) in [6.07, 6.45) is 10.1. The van der Waals surface area contributed by atoms with Crippen LogP contribution in [-0.2, 0) is 12.8 Å². The molecule has 1 saturated carbocycles. The first kappa shape index (κ1) is 19.5. The number of benzene rings is 1. The zero-order valence-corrected chi connectivity index (χ0v) is 17.4. The summed E-state index contributed by atoms with van der Waals surface area (Å²) in [5.41, 5.74) is 3.92. The molecule has 6 heteroatoms. The molecule has 1 aliphatic heterocycles. The van der Waals surface area contributed by atoms with Crippen molar-refractivity contribution in [1.29, 1.82) is 0 Å². The third-order valence-corrected chi connectivity index (χ3v) is 6.27. The molecule has 1 aromatic carbocycles. The second-order valence-corrected chi connectivity index (χ2v) is 8.32. The lowest BCUT2D eigenvalue weighted by Gasteiger charge is -2.23. The van der Waals surface area contributed by atoms with Crippen LogP contribution in [0.1, 0.15) is 50.2 Å². The van der Waals surface area contributed by atoms with Crippen LogP contribution in [0.3, 0.4) is 0 Å². The standard InChI is InChI=1S/C22H30ClN5/c1-2-28-12-10-16-8-9-19(14-17(16)11-13-28)26-22-24-15-20(23)21(27-22)25-18-6-4-3-5-7-18/h8-9,14-15,18H,2-7,10-13H2,1H3,(H2,24,25,26,27). The monoisotopic (exact) mass is 399 g/mol. The fourth-order valence-corrected chi connectivity index (χ4v) is 4.41. The lowest BCUT2D eigenvalue weighted by Crippen LogP contribution is -2.25. The number of nitrogens with zero attached hydrogens (tertiary/aromatic N) is 3. The van der Waals surface area contributed by atoms with Crippen molar-refractivity contribution < 1.29 is 0 Å². The van der Waals surface area contributed by atoms with E-state index in [9.17, 15) is 0 Å². The van der Waals surface area contributed by atoms with Crippen LogP contribution < -0.4 is 10.6 Å². The van der Waals surface area contributed by atoms with Gasteiger partial charge in [0.25, 0.3) is 0 Å². The third-order valence-electron chi connectivity index (χ3n) is 5.99. The molecule has 0 unspecified atom stereocenters. The zero-order valence-electron chi connectivity index (χ0n) is 16.7. The lowest BCUT2D eigenvalue weighted by atomic mass is 9.95. The third kappa shape index (κ3) is 4.76. The summed E-state index contributed by atoms with van der Waals surface area (Å²) < 4.78 is 0.